The molecule has 0 saturated carbocycles. The lowest BCUT2D eigenvalue weighted by Gasteiger charge is -2.14. The second kappa shape index (κ2) is 9.46. The molecule has 0 bridgehead atoms. The maximum atomic E-state index is 11.9. The third-order valence-electron chi connectivity index (χ3n) is 4.06. The van der Waals surface area contributed by atoms with Crippen molar-refractivity contribution < 1.29 is 14.3 Å². The van der Waals surface area contributed by atoms with E-state index in [1.807, 2.05) is 18.2 Å². The normalized spacial score (nSPS) is 11.0. The third-order valence-corrected chi connectivity index (χ3v) is 4.06. The van der Waals surface area contributed by atoms with E-state index in [0.717, 1.165) is 5.56 Å². The van der Waals surface area contributed by atoms with E-state index >= 15 is 0 Å². The van der Waals surface area contributed by atoms with Gasteiger partial charge in [-0.05, 0) is 35.7 Å². The average Bonchev–Trinajstić information content (AvgIpc) is 2.68. The van der Waals surface area contributed by atoms with Gasteiger partial charge in [0.15, 0.2) is 5.96 Å². The molecule has 138 valence electrons. The first kappa shape index (κ1) is 19.3. The van der Waals surface area contributed by atoms with Crippen molar-refractivity contribution in [3.8, 4) is 5.75 Å². The summed E-state index contributed by atoms with van der Waals surface area (Å²) in [6.07, 6.45) is 0. The molecule has 0 spiro atoms. The SMILES string of the molecule is CN=C(NCc1ccc(OC)c(C(=O)OC)c1)NCc1ccccc1C. The third kappa shape index (κ3) is 4.99. The Morgan fingerprint density at radius 3 is 2.46 bits per heavy atom. The van der Waals surface area contributed by atoms with Gasteiger partial charge in [0.05, 0.1) is 14.2 Å². The fraction of sp³-hybridized carbons (Fsp3) is 0.300. The molecule has 2 N–H and O–H groups in total. The van der Waals surface area contributed by atoms with Crippen LogP contribution in [0.1, 0.15) is 27.0 Å². The highest BCUT2D eigenvalue weighted by atomic mass is 16.5. The Kier molecular flexibility index (Phi) is 7.02. The Labute approximate surface area is 154 Å². The molecule has 0 radical (unpaired) electrons. The van der Waals surface area contributed by atoms with Crippen LogP contribution in [0.2, 0.25) is 0 Å². The summed E-state index contributed by atoms with van der Waals surface area (Å²) in [5.74, 6) is 0.747. The number of benzene rings is 2. The van der Waals surface area contributed by atoms with Gasteiger partial charge in [-0.15, -0.1) is 0 Å². The van der Waals surface area contributed by atoms with Gasteiger partial charge in [0.2, 0.25) is 0 Å². The second-order valence-electron chi connectivity index (χ2n) is 5.73. The number of rotatable bonds is 6. The number of aliphatic imine (C=N–C) groups is 1. The van der Waals surface area contributed by atoms with Crippen molar-refractivity contribution >= 4 is 11.9 Å². The average molecular weight is 355 g/mol. The summed E-state index contributed by atoms with van der Waals surface area (Å²) in [4.78, 5) is 16.1. The zero-order valence-corrected chi connectivity index (χ0v) is 15.6. The van der Waals surface area contributed by atoms with Gasteiger partial charge in [0.25, 0.3) is 0 Å². The lowest BCUT2D eigenvalue weighted by Crippen LogP contribution is -2.36. The molecule has 0 aliphatic carbocycles. The Morgan fingerprint density at radius 2 is 1.81 bits per heavy atom. The van der Waals surface area contributed by atoms with Gasteiger partial charge in [-0.1, -0.05) is 30.3 Å². The minimum atomic E-state index is -0.425. The van der Waals surface area contributed by atoms with Gasteiger partial charge in [-0.2, -0.15) is 0 Å². The van der Waals surface area contributed by atoms with Gasteiger partial charge >= 0.3 is 5.97 Å². The molecule has 6 nitrogen and oxygen atoms in total. The maximum absolute atomic E-state index is 11.9. The molecule has 26 heavy (non-hydrogen) atoms. The van der Waals surface area contributed by atoms with Crippen molar-refractivity contribution in [1.29, 1.82) is 0 Å². The van der Waals surface area contributed by atoms with Crippen molar-refractivity contribution in [2.45, 2.75) is 20.0 Å². The molecule has 2 aromatic rings. The molecule has 0 saturated heterocycles. The standard InChI is InChI=1S/C20H25N3O3/c1-14-7-5-6-8-16(14)13-23-20(21-2)22-12-15-9-10-18(25-3)17(11-15)19(24)26-4/h5-11H,12-13H2,1-4H3,(H2,21,22,23). The Bertz CT molecular complexity index is 788. The fourth-order valence-corrected chi connectivity index (χ4v) is 2.53. The van der Waals surface area contributed by atoms with Gasteiger partial charge in [-0.25, -0.2) is 4.79 Å². The topological polar surface area (TPSA) is 72.0 Å². The number of hydrogen-bond acceptors (Lipinski definition) is 4. The van der Waals surface area contributed by atoms with Crippen LogP contribution >= 0.6 is 0 Å². The van der Waals surface area contributed by atoms with Crippen molar-refractivity contribution in [3.63, 3.8) is 0 Å². The molecule has 0 amide bonds. The van der Waals surface area contributed by atoms with E-state index in [2.05, 4.69) is 34.7 Å². The van der Waals surface area contributed by atoms with Gasteiger partial charge in [0, 0.05) is 20.1 Å². The molecule has 6 heteroatoms. The van der Waals surface area contributed by atoms with Crippen LogP contribution in [0, 0.1) is 6.92 Å². The second-order valence-corrected chi connectivity index (χ2v) is 5.73. The van der Waals surface area contributed by atoms with Crippen LogP contribution < -0.4 is 15.4 Å². The van der Waals surface area contributed by atoms with E-state index in [0.29, 0.717) is 30.4 Å². The Morgan fingerprint density at radius 1 is 1.08 bits per heavy atom. The Balaban J connectivity index is 2.00. The zero-order chi connectivity index (χ0) is 18.9. The smallest absolute Gasteiger partial charge is 0.341 e. The maximum Gasteiger partial charge on any atom is 0.341 e. The molecule has 0 fully saturated rings. The number of carbonyl (C=O) groups excluding carboxylic acids is 1. The largest absolute Gasteiger partial charge is 0.496 e. The van der Waals surface area contributed by atoms with Crippen molar-refractivity contribution in [2.75, 3.05) is 21.3 Å². The molecular formula is C20H25N3O3. The van der Waals surface area contributed by atoms with Gasteiger partial charge in [0.1, 0.15) is 11.3 Å². The van der Waals surface area contributed by atoms with Crippen molar-refractivity contribution in [1.82, 2.24) is 10.6 Å². The van der Waals surface area contributed by atoms with Crippen LogP contribution in [0.15, 0.2) is 47.5 Å². The van der Waals surface area contributed by atoms with E-state index in [1.165, 1.54) is 25.3 Å². The number of esters is 1. The number of ether oxygens (including phenoxy) is 2. The predicted molar refractivity (Wildman–Crippen MR) is 103 cm³/mol. The number of aryl methyl sites for hydroxylation is 1. The highest BCUT2D eigenvalue weighted by Gasteiger charge is 2.13. The van der Waals surface area contributed by atoms with Crippen LogP contribution in [0.5, 0.6) is 5.75 Å². The summed E-state index contributed by atoms with van der Waals surface area (Å²) in [5.41, 5.74) is 3.77. The molecular weight excluding hydrogens is 330 g/mol. The first-order valence-corrected chi connectivity index (χ1v) is 8.33. The molecule has 0 unspecified atom stereocenters. The quantitative estimate of drug-likeness (QED) is 0.473. The lowest BCUT2D eigenvalue weighted by molar-refractivity contribution is 0.0597. The van der Waals surface area contributed by atoms with Crippen LogP contribution in [0.25, 0.3) is 0 Å². The van der Waals surface area contributed by atoms with E-state index < -0.39 is 5.97 Å². The number of carbonyl (C=O) groups is 1. The monoisotopic (exact) mass is 355 g/mol. The molecule has 0 aromatic heterocycles. The van der Waals surface area contributed by atoms with Crippen LogP contribution in [-0.2, 0) is 17.8 Å². The summed E-state index contributed by atoms with van der Waals surface area (Å²) in [5, 5.41) is 6.53. The minimum Gasteiger partial charge on any atom is -0.496 e. The lowest BCUT2D eigenvalue weighted by atomic mass is 10.1. The van der Waals surface area contributed by atoms with Crippen LogP contribution in [0.4, 0.5) is 0 Å². The zero-order valence-electron chi connectivity index (χ0n) is 15.6. The molecule has 0 aliphatic heterocycles. The molecule has 0 aliphatic rings. The van der Waals surface area contributed by atoms with E-state index in [4.69, 9.17) is 9.47 Å². The van der Waals surface area contributed by atoms with Gasteiger partial charge < -0.3 is 20.1 Å². The summed E-state index contributed by atoms with van der Waals surface area (Å²) in [6, 6.07) is 13.6. The highest BCUT2D eigenvalue weighted by molar-refractivity contribution is 5.92. The van der Waals surface area contributed by atoms with Crippen LogP contribution in [-0.4, -0.2) is 33.2 Å². The molecule has 0 atom stereocenters. The first-order valence-electron chi connectivity index (χ1n) is 8.33. The number of hydrogen-bond donors (Lipinski definition) is 2. The van der Waals surface area contributed by atoms with Gasteiger partial charge in [-0.3, -0.25) is 4.99 Å². The number of nitrogens with one attached hydrogen (secondary N) is 2. The Hall–Kier alpha value is -3.02. The summed E-state index contributed by atoms with van der Waals surface area (Å²) in [7, 11) is 4.60. The van der Waals surface area contributed by atoms with E-state index in [-0.39, 0.29) is 0 Å². The van der Waals surface area contributed by atoms with Crippen molar-refractivity contribution in [3.05, 3.63) is 64.7 Å². The number of nitrogens with zero attached hydrogens (tertiary/aromatic N) is 1. The number of methoxy groups -OCH3 is 2. The predicted octanol–water partition coefficient (Wildman–Crippen LogP) is 2.66. The summed E-state index contributed by atoms with van der Waals surface area (Å²) >= 11 is 0. The number of guanidine groups is 1. The van der Waals surface area contributed by atoms with Crippen molar-refractivity contribution in [2.24, 2.45) is 4.99 Å². The first-order chi connectivity index (χ1) is 12.6. The van der Waals surface area contributed by atoms with E-state index in [1.54, 1.807) is 19.2 Å². The summed E-state index contributed by atoms with van der Waals surface area (Å²) in [6.45, 7) is 3.28. The molecule has 2 aromatic carbocycles. The minimum absolute atomic E-state index is 0.400. The van der Waals surface area contributed by atoms with Crippen LogP contribution in [0.3, 0.4) is 0 Å². The fourth-order valence-electron chi connectivity index (χ4n) is 2.53. The van der Waals surface area contributed by atoms with E-state index in [9.17, 15) is 4.79 Å². The molecule has 2 rings (SSSR count). The summed E-state index contributed by atoms with van der Waals surface area (Å²) < 4.78 is 10.0. The molecule has 0 heterocycles. The highest BCUT2D eigenvalue weighted by Crippen LogP contribution is 2.20.